The van der Waals surface area contributed by atoms with Gasteiger partial charge in [-0.05, 0) is 29.7 Å². The fourth-order valence-corrected chi connectivity index (χ4v) is 2.01. The maximum Gasteiger partial charge on any atom is 0.252 e. The fourth-order valence-electron chi connectivity index (χ4n) is 2.01. The molecule has 0 heterocycles. The first-order chi connectivity index (χ1) is 9.13. The van der Waals surface area contributed by atoms with E-state index in [-0.39, 0.29) is 24.5 Å². The molecule has 19 heavy (non-hydrogen) atoms. The zero-order chi connectivity index (χ0) is 13.8. The van der Waals surface area contributed by atoms with E-state index < -0.39 is 0 Å². The molecular formula is C16H19NO2. The summed E-state index contributed by atoms with van der Waals surface area (Å²) in [4.78, 5) is 12.3. The molecule has 0 aromatic heterocycles. The predicted octanol–water partition coefficient (Wildman–Crippen LogP) is 2.59. The molecule has 3 heteroatoms. The Morgan fingerprint density at radius 3 is 2.58 bits per heavy atom. The summed E-state index contributed by atoms with van der Waals surface area (Å²) in [6, 6.07) is 13.5. The summed E-state index contributed by atoms with van der Waals surface area (Å²) in [6.45, 7) is 3.88. The van der Waals surface area contributed by atoms with Crippen LogP contribution in [0.25, 0.3) is 10.8 Å². The molecular weight excluding hydrogens is 238 g/mol. The summed E-state index contributed by atoms with van der Waals surface area (Å²) in [5.74, 6) is -0.0523. The van der Waals surface area contributed by atoms with E-state index >= 15 is 0 Å². The van der Waals surface area contributed by atoms with Crippen LogP contribution in [0.4, 0.5) is 0 Å². The molecule has 0 fully saturated rings. The molecule has 2 aromatic carbocycles. The van der Waals surface area contributed by atoms with Gasteiger partial charge in [-0.25, -0.2) is 0 Å². The Hall–Kier alpha value is -1.87. The van der Waals surface area contributed by atoms with Gasteiger partial charge < -0.3 is 10.4 Å². The molecule has 1 amide bonds. The molecule has 2 rings (SSSR count). The van der Waals surface area contributed by atoms with E-state index in [4.69, 9.17) is 5.11 Å². The van der Waals surface area contributed by atoms with Crippen molar-refractivity contribution in [1.29, 1.82) is 0 Å². The summed E-state index contributed by atoms with van der Waals surface area (Å²) >= 11 is 0. The van der Waals surface area contributed by atoms with Crippen molar-refractivity contribution < 1.29 is 9.90 Å². The van der Waals surface area contributed by atoms with E-state index in [0.29, 0.717) is 5.56 Å². The Balaban J connectivity index is 2.27. The Morgan fingerprint density at radius 2 is 1.84 bits per heavy atom. The maximum absolute atomic E-state index is 12.3. The minimum Gasteiger partial charge on any atom is -0.396 e. The zero-order valence-electron chi connectivity index (χ0n) is 11.3. The van der Waals surface area contributed by atoms with Crippen molar-refractivity contribution in [2.24, 2.45) is 5.92 Å². The molecule has 2 N–H and O–H groups in total. The monoisotopic (exact) mass is 257 g/mol. The van der Waals surface area contributed by atoms with Crippen molar-refractivity contribution in [2.45, 2.75) is 19.9 Å². The first-order valence-electron chi connectivity index (χ1n) is 6.53. The van der Waals surface area contributed by atoms with Crippen LogP contribution in [0, 0.1) is 5.92 Å². The Labute approximate surface area is 113 Å². The third-order valence-corrected chi connectivity index (χ3v) is 3.53. The van der Waals surface area contributed by atoms with E-state index in [2.05, 4.69) is 5.32 Å². The average Bonchev–Trinajstić information content (AvgIpc) is 2.45. The summed E-state index contributed by atoms with van der Waals surface area (Å²) in [5, 5.41) is 14.1. The summed E-state index contributed by atoms with van der Waals surface area (Å²) < 4.78 is 0. The largest absolute Gasteiger partial charge is 0.396 e. The van der Waals surface area contributed by atoms with Gasteiger partial charge in [-0.15, -0.1) is 0 Å². The highest BCUT2D eigenvalue weighted by atomic mass is 16.3. The number of benzene rings is 2. The number of aliphatic hydroxyl groups excluding tert-OH is 1. The third kappa shape index (κ3) is 2.93. The van der Waals surface area contributed by atoms with Crippen LogP contribution in [0.2, 0.25) is 0 Å². The number of hydrogen-bond acceptors (Lipinski definition) is 2. The van der Waals surface area contributed by atoms with E-state index in [0.717, 1.165) is 10.8 Å². The number of carbonyl (C=O) groups is 1. The number of rotatable bonds is 4. The quantitative estimate of drug-likeness (QED) is 0.884. The normalized spacial score (nSPS) is 14.1. The van der Waals surface area contributed by atoms with Gasteiger partial charge in [0, 0.05) is 18.2 Å². The van der Waals surface area contributed by atoms with Gasteiger partial charge in [-0.2, -0.15) is 0 Å². The Bertz CT molecular complexity index is 574. The molecule has 0 saturated carbocycles. The van der Waals surface area contributed by atoms with Gasteiger partial charge >= 0.3 is 0 Å². The van der Waals surface area contributed by atoms with E-state index in [1.54, 1.807) is 0 Å². The van der Waals surface area contributed by atoms with E-state index in [1.165, 1.54) is 0 Å². The number of aliphatic hydroxyl groups is 1. The molecule has 0 spiro atoms. The second kappa shape index (κ2) is 5.85. The maximum atomic E-state index is 12.3. The lowest BCUT2D eigenvalue weighted by molar-refractivity contribution is 0.0918. The molecule has 2 atom stereocenters. The minimum absolute atomic E-state index is 0.0407. The standard InChI is InChI=1S/C16H19NO2/c1-11(10-18)12(2)17-16(19)15-9-5-7-13-6-3-4-8-14(13)15/h3-9,11-12,18H,10H2,1-2H3,(H,17,19). The van der Waals surface area contributed by atoms with Gasteiger partial charge in [0.25, 0.3) is 5.91 Å². The first-order valence-corrected chi connectivity index (χ1v) is 6.53. The lowest BCUT2D eigenvalue weighted by Gasteiger charge is -2.19. The average molecular weight is 257 g/mol. The highest BCUT2D eigenvalue weighted by Gasteiger charge is 2.16. The second-order valence-corrected chi connectivity index (χ2v) is 4.95. The predicted molar refractivity (Wildman–Crippen MR) is 77.1 cm³/mol. The number of carbonyl (C=O) groups excluding carboxylic acids is 1. The number of hydrogen-bond donors (Lipinski definition) is 2. The van der Waals surface area contributed by atoms with Gasteiger partial charge in [-0.3, -0.25) is 4.79 Å². The van der Waals surface area contributed by atoms with Crippen LogP contribution in [-0.2, 0) is 0 Å². The second-order valence-electron chi connectivity index (χ2n) is 4.95. The molecule has 2 unspecified atom stereocenters. The van der Waals surface area contributed by atoms with Gasteiger partial charge in [0.1, 0.15) is 0 Å². The van der Waals surface area contributed by atoms with Gasteiger partial charge in [0.2, 0.25) is 0 Å². The van der Waals surface area contributed by atoms with E-state index in [1.807, 2.05) is 56.3 Å². The van der Waals surface area contributed by atoms with Crippen molar-refractivity contribution >= 4 is 16.7 Å². The van der Waals surface area contributed by atoms with Gasteiger partial charge in [0.15, 0.2) is 0 Å². The lowest BCUT2D eigenvalue weighted by atomic mass is 10.0. The molecule has 0 aliphatic heterocycles. The molecule has 100 valence electrons. The highest BCUT2D eigenvalue weighted by Crippen LogP contribution is 2.18. The van der Waals surface area contributed by atoms with Crippen molar-refractivity contribution in [1.82, 2.24) is 5.32 Å². The highest BCUT2D eigenvalue weighted by molar-refractivity contribution is 6.07. The van der Waals surface area contributed by atoms with E-state index in [9.17, 15) is 4.79 Å². The van der Waals surface area contributed by atoms with Gasteiger partial charge in [0.05, 0.1) is 0 Å². The fraction of sp³-hybridized carbons (Fsp3) is 0.312. The smallest absolute Gasteiger partial charge is 0.252 e. The minimum atomic E-state index is -0.0930. The first kappa shape index (κ1) is 13.6. The molecule has 0 aliphatic carbocycles. The Morgan fingerprint density at radius 1 is 1.16 bits per heavy atom. The molecule has 2 aromatic rings. The molecule has 3 nitrogen and oxygen atoms in total. The molecule has 0 saturated heterocycles. The summed E-state index contributed by atoms with van der Waals surface area (Å²) in [5.41, 5.74) is 0.676. The SMILES string of the molecule is CC(CO)C(C)NC(=O)c1cccc2ccccc12. The van der Waals surface area contributed by atoms with Crippen molar-refractivity contribution in [3.05, 3.63) is 48.0 Å². The molecule has 0 aliphatic rings. The van der Waals surface area contributed by atoms with Crippen molar-refractivity contribution in [2.75, 3.05) is 6.61 Å². The summed E-state index contributed by atoms with van der Waals surface area (Å²) in [6.07, 6.45) is 0. The van der Waals surface area contributed by atoms with Crippen molar-refractivity contribution in [3.8, 4) is 0 Å². The van der Waals surface area contributed by atoms with Crippen LogP contribution in [0.3, 0.4) is 0 Å². The van der Waals surface area contributed by atoms with Crippen molar-refractivity contribution in [3.63, 3.8) is 0 Å². The van der Waals surface area contributed by atoms with Gasteiger partial charge in [-0.1, -0.05) is 43.3 Å². The van der Waals surface area contributed by atoms with Crippen LogP contribution in [-0.4, -0.2) is 23.7 Å². The molecule has 0 bridgehead atoms. The van der Waals surface area contributed by atoms with Crippen LogP contribution >= 0.6 is 0 Å². The zero-order valence-corrected chi connectivity index (χ0v) is 11.3. The third-order valence-electron chi connectivity index (χ3n) is 3.53. The topological polar surface area (TPSA) is 49.3 Å². The number of amides is 1. The van der Waals surface area contributed by atoms with Crippen LogP contribution in [0.5, 0.6) is 0 Å². The lowest BCUT2D eigenvalue weighted by Crippen LogP contribution is -2.38. The molecule has 0 radical (unpaired) electrons. The summed E-state index contributed by atoms with van der Waals surface area (Å²) in [7, 11) is 0. The number of nitrogens with one attached hydrogen (secondary N) is 1. The van der Waals surface area contributed by atoms with Crippen LogP contribution in [0.15, 0.2) is 42.5 Å². The Kier molecular flexibility index (Phi) is 4.17. The van der Waals surface area contributed by atoms with Crippen LogP contribution < -0.4 is 5.32 Å². The van der Waals surface area contributed by atoms with Crippen LogP contribution in [0.1, 0.15) is 24.2 Å². The number of fused-ring (bicyclic) bond motifs is 1.